The Morgan fingerprint density at radius 2 is 1.80 bits per heavy atom. The van der Waals surface area contributed by atoms with Crippen molar-refractivity contribution in [2.24, 2.45) is 5.92 Å². The lowest BCUT2D eigenvalue weighted by Gasteiger charge is -2.22. The van der Waals surface area contributed by atoms with Crippen LogP contribution in [0.2, 0.25) is 0 Å². The van der Waals surface area contributed by atoms with Crippen molar-refractivity contribution in [3.8, 4) is 0 Å². The number of hydrogen-bond donors (Lipinski definition) is 0. The van der Waals surface area contributed by atoms with E-state index < -0.39 is 0 Å². The van der Waals surface area contributed by atoms with Crippen LogP contribution in [0.3, 0.4) is 0 Å². The summed E-state index contributed by atoms with van der Waals surface area (Å²) in [5.74, 6) is 0.531. The number of hydrogen-bond acceptors (Lipinski definition) is 0. The van der Waals surface area contributed by atoms with Crippen molar-refractivity contribution in [2.45, 2.75) is 31.5 Å². The van der Waals surface area contributed by atoms with Crippen molar-refractivity contribution in [2.75, 3.05) is 0 Å². The summed E-state index contributed by atoms with van der Waals surface area (Å²) in [7, 11) is 0. The van der Waals surface area contributed by atoms with Crippen LogP contribution in [-0.4, -0.2) is 4.83 Å². The minimum atomic E-state index is -0.137. The Hall–Kier alpha value is 0.110. The Balaban J connectivity index is 2.96. The Labute approximate surface area is 108 Å². The highest BCUT2D eigenvalue weighted by atomic mass is 79.9. The van der Waals surface area contributed by atoms with E-state index in [9.17, 15) is 4.39 Å². The molecule has 15 heavy (non-hydrogen) atoms. The molecule has 0 aliphatic heterocycles. The van der Waals surface area contributed by atoms with Crippen molar-refractivity contribution in [1.29, 1.82) is 0 Å². The van der Waals surface area contributed by atoms with Crippen molar-refractivity contribution in [1.82, 2.24) is 0 Å². The molecule has 1 rings (SSSR count). The average Bonchev–Trinajstić information content (AvgIpc) is 2.15. The largest absolute Gasteiger partial charge is 0.207 e. The summed E-state index contributed by atoms with van der Waals surface area (Å²) in [5.41, 5.74) is 0.772. The van der Waals surface area contributed by atoms with Crippen LogP contribution in [0.4, 0.5) is 4.39 Å². The van der Waals surface area contributed by atoms with E-state index >= 15 is 0 Å². The molecule has 0 nitrogen and oxygen atoms in total. The fourth-order valence-electron chi connectivity index (χ4n) is 1.62. The standard InChI is InChI=1S/C12H15Br2F/c1-7(2)12(14)8(3)10-5-4-9(13)6-11(10)15/h4-8,12H,1-3H3. The zero-order valence-corrected chi connectivity index (χ0v) is 12.3. The minimum absolute atomic E-state index is 0.137. The number of alkyl halides is 1. The van der Waals surface area contributed by atoms with E-state index in [2.05, 4.69) is 45.7 Å². The second-order valence-corrected chi connectivity index (χ2v) is 6.12. The molecule has 0 heterocycles. The minimum Gasteiger partial charge on any atom is -0.207 e. The van der Waals surface area contributed by atoms with Crippen LogP contribution in [-0.2, 0) is 0 Å². The Kier molecular flexibility index (Phi) is 4.78. The van der Waals surface area contributed by atoms with Crippen LogP contribution in [0.15, 0.2) is 22.7 Å². The molecule has 1 aromatic rings. The van der Waals surface area contributed by atoms with Gasteiger partial charge in [0.25, 0.3) is 0 Å². The van der Waals surface area contributed by atoms with Crippen molar-refractivity contribution in [3.05, 3.63) is 34.1 Å². The van der Waals surface area contributed by atoms with Crippen molar-refractivity contribution >= 4 is 31.9 Å². The SMILES string of the molecule is CC(C)C(Br)C(C)c1ccc(Br)cc1F. The van der Waals surface area contributed by atoms with Gasteiger partial charge in [0.2, 0.25) is 0 Å². The topological polar surface area (TPSA) is 0 Å². The third kappa shape index (κ3) is 3.28. The molecule has 0 saturated heterocycles. The second kappa shape index (κ2) is 5.44. The van der Waals surface area contributed by atoms with Gasteiger partial charge in [-0.2, -0.15) is 0 Å². The molecule has 0 radical (unpaired) electrons. The predicted octanol–water partition coefficient (Wildman–Crippen LogP) is 5.11. The van der Waals surface area contributed by atoms with E-state index in [1.54, 1.807) is 0 Å². The zero-order chi connectivity index (χ0) is 11.6. The third-order valence-corrected chi connectivity index (χ3v) is 4.91. The average molecular weight is 338 g/mol. The van der Waals surface area contributed by atoms with Gasteiger partial charge in [-0.3, -0.25) is 0 Å². The summed E-state index contributed by atoms with van der Waals surface area (Å²) >= 11 is 6.88. The molecular weight excluding hydrogens is 323 g/mol. The molecule has 0 fully saturated rings. The smallest absolute Gasteiger partial charge is 0.127 e. The molecule has 2 unspecified atom stereocenters. The van der Waals surface area contributed by atoms with Gasteiger partial charge in [-0.25, -0.2) is 4.39 Å². The van der Waals surface area contributed by atoms with E-state index in [0.29, 0.717) is 10.7 Å². The van der Waals surface area contributed by atoms with Crippen LogP contribution >= 0.6 is 31.9 Å². The van der Waals surface area contributed by atoms with Gasteiger partial charge in [-0.1, -0.05) is 58.7 Å². The lowest BCUT2D eigenvalue weighted by molar-refractivity contribution is 0.522. The van der Waals surface area contributed by atoms with Crippen LogP contribution in [0.1, 0.15) is 32.3 Å². The van der Waals surface area contributed by atoms with Crippen LogP contribution < -0.4 is 0 Å². The van der Waals surface area contributed by atoms with Gasteiger partial charge in [-0.05, 0) is 29.5 Å². The lowest BCUT2D eigenvalue weighted by Crippen LogP contribution is -2.16. The fraction of sp³-hybridized carbons (Fsp3) is 0.500. The molecule has 0 aliphatic rings. The first kappa shape index (κ1) is 13.2. The maximum Gasteiger partial charge on any atom is 0.127 e. The molecule has 0 N–H and O–H groups in total. The Morgan fingerprint density at radius 1 is 1.20 bits per heavy atom. The van der Waals surface area contributed by atoms with Gasteiger partial charge in [0.05, 0.1) is 0 Å². The van der Waals surface area contributed by atoms with Crippen LogP contribution in [0.5, 0.6) is 0 Å². The van der Waals surface area contributed by atoms with Crippen molar-refractivity contribution < 1.29 is 4.39 Å². The van der Waals surface area contributed by atoms with Crippen LogP contribution in [0.25, 0.3) is 0 Å². The summed E-state index contributed by atoms with van der Waals surface area (Å²) in [5, 5.41) is 0. The first-order valence-electron chi connectivity index (χ1n) is 5.02. The Morgan fingerprint density at radius 3 is 2.27 bits per heavy atom. The first-order valence-corrected chi connectivity index (χ1v) is 6.73. The normalized spacial score (nSPS) is 15.4. The summed E-state index contributed by atoms with van der Waals surface area (Å²) in [6, 6.07) is 5.25. The number of rotatable bonds is 3. The quantitative estimate of drug-likeness (QED) is 0.672. The summed E-state index contributed by atoms with van der Waals surface area (Å²) in [6.07, 6.45) is 0. The van der Waals surface area contributed by atoms with E-state index in [1.807, 2.05) is 19.1 Å². The number of benzene rings is 1. The summed E-state index contributed by atoms with van der Waals surface area (Å²) < 4.78 is 14.5. The van der Waals surface area contributed by atoms with E-state index in [4.69, 9.17) is 0 Å². The molecule has 3 heteroatoms. The van der Waals surface area contributed by atoms with E-state index in [0.717, 1.165) is 10.0 Å². The zero-order valence-electron chi connectivity index (χ0n) is 9.10. The molecule has 0 aromatic heterocycles. The summed E-state index contributed by atoms with van der Waals surface area (Å²) in [6.45, 7) is 6.31. The second-order valence-electron chi connectivity index (χ2n) is 4.14. The van der Waals surface area contributed by atoms with Gasteiger partial charge < -0.3 is 0 Å². The van der Waals surface area contributed by atoms with Gasteiger partial charge in [-0.15, -0.1) is 0 Å². The molecule has 0 bridgehead atoms. The van der Waals surface area contributed by atoms with E-state index in [1.165, 1.54) is 6.07 Å². The fourth-order valence-corrected chi connectivity index (χ4v) is 2.24. The third-order valence-electron chi connectivity index (χ3n) is 2.57. The molecular formula is C12H15Br2F. The maximum atomic E-state index is 13.7. The molecule has 2 atom stereocenters. The van der Waals surface area contributed by atoms with Gasteiger partial charge in [0.15, 0.2) is 0 Å². The van der Waals surface area contributed by atoms with Crippen LogP contribution in [0, 0.1) is 11.7 Å². The van der Waals surface area contributed by atoms with Crippen molar-refractivity contribution in [3.63, 3.8) is 0 Å². The van der Waals surface area contributed by atoms with Gasteiger partial charge >= 0.3 is 0 Å². The molecule has 0 aliphatic carbocycles. The van der Waals surface area contributed by atoms with E-state index in [-0.39, 0.29) is 11.7 Å². The highest BCUT2D eigenvalue weighted by Crippen LogP contribution is 2.32. The Bertz CT molecular complexity index is 336. The van der Waals surface area contributed by atoms with Gasteiger partial charge in [0.1, 0.15) is 5.82 Å². The monoisotopic (exact) mass is 336 g/mol. The predicted molar refractivity (Wildman–Crippen MR) is 70.1 cm³/mol. The highest BCUT2D eigenvalue weighted by Gasteiger charge is 2.21. The molecule has 0 amide bonds. The number of halogens is 3. The molecule has 0 saturated carbocycles. The van der Waals surface area contributed by atoms with Gasteiger partial charge in [0, 0.05) is 9.30 Å². The molecule has 1 aromatic carbocycles. The molecule has 0 spiro atoms. The first-order chi connectivity index (χ1) is 6.93. The maximum absolute atomic E-state index is 13.7. The highest BCUT2D eigenvalue weighted by molar-refractivity contribution is 9.10. The molecule has 84 valence electrons. The lowest BCUT2D eigenvalue weighted by atomic mass is 9.91. The summed E-state index contributed by atoms with van der Waals surface area (Å²) in [4.78, 5) is 0.299.